The van der Waals surface area contributed by atoms with Gasteiger partial charge in [0.1, 0.15) is 0 Å². The number of benzene rings is 1. The second-order valence-corrected chi connectivity index (χ2v) is 6.52. The van der Waals surface area contributed by atoms with Crippen molar-refractivity contribution in [1.29, 1.82) is 0 Å². The largest absolute Gasteiger partial charge is 0.379 e. The molecule has 3 N–H and O–H groups in total. The van der Waals surface area contributed by atoms with Gasteiger partial charge in [0.25, 0.3) is 0 Å². The van der Waals surface area contributed by atoms with E-state index in [0.717, 1.165) is 45.8 Å². The zero-order chi connectivity index (χ0) is 16.5. The lowest BCUT2D eigenvalue weighted by Gasteiger charge is -2.26. The minimum atomic E-state index is 0.531. The van der Waals surface area contributed by atoms with Crippen LogP contribution in [-0.2, 0) is 17.8 Å². The van der Waals surface area contributed by atoms with Crippen molar-refractivity contribution in [2.75, 3.05) is 32.8 Å². The van der Waals surface area contributed by atoms with Gasteiger partial charge in [-0.1, -0.05) is 38.1 Å². The maximum atomic E-state index is 5.88. The van der Waals surface area contributed by atoms with Crippen LogP contribution in [0.5, 0.6) is 0 Å². The van der Waals surface area contributed by atoms with Crippen molar-refractivity contribution >= 4 is 5.96 Å². The molecule has 23 heavy (non-hydrogen) atoms. The van der Waals surface area contributed by atoms with E-state index in [1.165, 1.54) is 11.1 Å². The topological polar surface area (TPSA) is 62.9 Å². The van der Waals surface area contributed by atoms with E-state index in [0.29, 0.717) is 18.4 Å². The first-order chi connectivity index (χ1) is 11.1. The maximum Gasteiger partial charge on any atom is 0.188 e. The molecule has 5 heteroatoms. The first-order valence-electron chi connectivity index (χ1n) is 8.55. The van der Waals surface area contributed by atoms with E-state index < -0.39 is 0 Å². The van der Waals surface area contributed by atoms with Gasteiger partial charge < -0.3 is 15.8 Å². The van der Waals surface area contributed by atoms with Crippen molar-refractivity contribution in [1.82, 2.24) is 10.2 Å². The van der Waals surface area contributed by atoms with Crippen molar-refractivity contribution in [3.63, 3.8) is 0 Å². The number of aliphatic imine (C=N–C) groups is 1. The molecule has 0 spiro atoms. The Morgan fingerprint density at radius 3 is 2.52 bits per heavy atom. The molecule has 0 radical (unpaired) electrons. The molecule has 0 aliphatic carbocycles. The average Bonchev–Trinajstić information content (AvgIpc) is 2.55. The van der Waals surface area contributed by atoms with Crippen LogP contribution in [0.4, 0.5) is 0 Å². The number of morpholine rings is 1. The summed E-state index contributed by atoms with van der Waals surface area (Å²) in [5.41, 5.74) is 8.40. The van der Waals surface area contributed by atoms with E-state index in [9.17, 15) is 0 Å². The normalized spacial score (nSPS) is 16.7. The third-order valence-corrected chi connectivity index (χ3v) is 3.99. The molecule has 0 saturated carbocycles. The summed E-state index contributed by atoms with van der Waals surface area (Å²) in [4.78, 5) is 6.82. The molecule has 1 saturated heterocycles. The number of hydrogen-bond acceptors (Lipinski definition) is 3. The predicted molar refractivity (Wildman–Crippen MR) is 95.3 cm³/mol. The lowest BCUT2D eigenvalue weighted by atomic mass is 10.1. The molecule has 128 valence electrons. The highest BCUT2D eigenvalue weighted by Crippen LogP contribution is 2.10. The van der Waals surface area contributed by atoms with Crippen molar-refractivity contribution in [2.24, 2.45) is 16.6 Å². The van der Waals surface area contributed by atoms with Gasteiger partial charge >= 0.3 is 0 Å². The van der Waals surface area contributed by atoms with Crippen LogP contribution in [0.15, 0.2) is 29.3 Å². The quantitative estimate of drug-likeness (QED) is 0.596. The smallest absolute Gasteiger partial charge is 0.188 e. The second-order valence-electron chi connectivity index (χ2n) is 6.52. The van der Waals surface area contributed by atoms with Crippen molar-refractivity contribution in [3.8, 4) is 0 Å². The summed E-state index contributed by atoms with van der Waals surface area (Å²) in [5.74, 6) is 1.21. The van der Waals surface area contributed by atoms with Crippen molar-refractivity contribution < 1.29 is 4.74 Å². The molecule has 0 bridgehead atoms. The monoisotopic (exact) mass is 318 g/mol. The third-order valence-electron chi connectivity index (χ3n) is 3.99. The van der Waals surface area contributed by atoms with Crippen LogP contribution in [0.25, 0.3) is 0 Å². The first kappa shape index (κ1) is 17.8. The van der Waals surface area contributed by atoms with E-state index >= 15 is 0 Å². The fourth-order valence-corrected chi connectivity index (χ4v) is 2.49. The zero-order valence-corrected chi connectivity index (χ0v) is 14.4. The number of rotatable bonds is 7. The van der Waals surface area contributed by atoms with Gasteiger partial charge in [-0.3, -0.25) is 4.90 Å². The van der Waals surface area contributed by atoms with Crippen LogP contribution in [0.2, 0.25) is 0 Å². The molecule has 1 fully saturated rings. The maximum absolute atomic E-state index is 5.88. The summed E-state index contributed by atoms with van der Waals surface area (Å²) in [5, 5.41) is 3.16. The molecule has 5 nitrogen and oxygen atoms in total. The Balaban J connectivity index is 1.75. The van der Waals surface area contributed by atoms with Gasteiger partial charge in [0.2, 0.25) is 0 Å². The first-order valence-corrected chi connectivity index (χ1v) is 8.55. The zero-order valence-electron chi connectivity index (χ0n) is 14.4. The number of guanidine groups is 1. The van der Waals surface area contributed by atoms with Crippen molar-refractivity contribution in [3.05, 3.63) is 35.4 Å². The predicted octanol–water partition coefficient (Wildman–Crippen LogP) is 1.97. The fraction of sp³-hybridized carbons (Fsp3) is 0.611. The number of nitrogens with zero attached hydrogens (tertiary/aromatic N) is 2. The lowest BCUT2D eigenvalue weighted by Crippen LogP contribution is -2.35. The van der Waals surface area contributed by atoms with Crippen LogP contribution >= 0.6 is 0 Å². The van der Waals surface area contributed by atoms with Crippen LogP contribution in [0, 0.1) is 5.92 Å². The third kappa shape index (κ3) is 7.01. The van der Waals surface area contributed by atoms with Gasteiger partial charge in [-0.25, -0.2) is 4.99 Å². The van der Waals surface area contributed by atoms with Gasteiger partial charge in [-0.2, -0.15) is 0 Å². The van der Waals surface area contributed by atoms with Crippen LogP contribution in [0.3, 0.4) is 0 Å². The molecule has 2 rings (SSSR count). The van der Waals surface area contributed by atoms with E-state index in [4.69, 9.17) is 10.5 Å². The average molecular weight is 318 g/mol. The van der Waals surface area contributed by atoms with E-state index in [2.05, 4.69) is 53.3 Å². The summed E-state index contributed by atoms with van der Waals surface area (Å²) < 4.78 is 5.38. The summed E-state index contributed by atoms with van der Waals surface area (Å²) in [7, 11) is 0. The minimum absolute atomic E-state index is 0.531. The Morgan fingerprint density at radius 1 is 1.22 bits per heavy atom. The molecule has 0 amide bonds. The molecular formula is C18H30N4O. The molecule has 1 aromatic rings. The minimum Gasteiger partial charge on any atom is -0.379 e. The summed E-state index contributed by atoms with van der Waals surface area (Å²) in [6, 6.07) is 8.65. The Morgan fingerprint density at radius 2 is 1.87 bits per heavy atom. The van der Waals surface area contributed by atoms with Crippen LogP contribution < -0.4 is 11.1 Å². The number of nitrogens with two attached hydrogens (primary N) is 1. The summed E-state index contributed by atoms with van der Waals surface area (Å²) in [6.07, 6.45) is 1.10. The Bertz CT molecular complexity index is 478. The SMILES string of the molecule is CC(C)CCNC(N)=NCc1ccc(CN2CCOCC2)cc1. The van der Waals surface area contributed by atoms with Crippen molar-refractivity contribution in [2.45, 2.75) is 33.4 Å². The highest BCUT2D eigenvalue weighted by atomic mass is 16.5. The Kier molecular flexibility index (Phi) is 7.36. The Labute approximate surface area is 139 Å². The number of nitrogens with one attached hydrogen (secondary N) is 1. The Hall–Kier alpha value is -1.59. The molecule has 1 aliphatic heterocycles. The van der Waals surface area contributed by atoms with Crippen LogP contribution in [0.1, 0.15) is 31.4 Å². The molecule has 1 aromatic carbocycles. The summed E-state index contributed by atoms with van der Waals surface area (Å²) in [6.45, 7) is 10.6. The van der Waals surface area contributed by atoms with E-state index in [-0.39, 0.29) is 0 Å². The highest BCUT2D eigenvalue weighted by Gasteiger charge is 2.10. The molecule has 1 aliphatic rings. The van der Waals surface area contributed by atoms with E-state index in [1.807, 2.05) is 0 Å². The van der Waals surface area contributed by atoms with Gasteiger partial charge in [-0.15, -0.1) is 0 Å². The standard InChI is InChI=1S/C18H30N4O/c1-15(2)7-8-20-18(19)21-13-16-3-5-17(6-4-16)14-22-9-11-23-12-10-22/h3-6,15H,7-14H2,1-2H3,(H3,19,20,21). The highest BCUT2D eigenvalue weighted by molar-refractivity contribution is 5.77. The van der Waals surface area contributed by atoms with Gasteiger partial charge in [0, 0.05) is 26.2 Å². The molecular weight excluding hydrogens is 288 g/mol. The fourth-order valence-electron chi connectivity index (χ4n) is 2.49. The molecule has 0 unspecified atom stereocenters. The van der Waals surface area contributed by atoms with Crippen LogP contribution in [-0.4, -0.2) is 43.7 Å². The summed E-state index contributed by atoms with van der Waals surface area (Å²) >= 11 is 0. The molecule has 1 heterocycles. The second kappa shape index (κ2) is 9.53. The molecule has 0 atom stereocenters. The molecule has 0 aromatic heterocycles. The van der Waals surface area contributed by atoms with Gasteiger partial charge in [0.15, 0.2) is 5.96 Å². The van der Waals surface area contributed by atoms with Gasteiger partial charge in [-0.05, 0) is 23.5 Å². The lowest BCUT2D eigenvalue weighted by molar-refractivity contribution is 0.0342. The van der Waals surface area contributed by atoms with E-state index in [1.54, 1.807) is 0 Å². The number of ether oxygens (including phenoxy) is 1. The van der Waals surface area contributed by atoms with Gasteiger partial charge in [0.05, 0.1) is 19.8 Å². The number of hydrogen-bond donors (Lipinski definition) is 2.